The lowest BCUT2D eigenvalue weighted by Gasteiger charge is -2.28. The quantitative estimate of drug-likeness (QED) is 0.710. The number of carbonyl (C=O) groups excluding carboxylic acids is 2. The van der Waals surface area contributed by atoms with Crippen LogP contribution < -0.4 is 10.1 Å². The third kappa shape index (κ3) is 5.12. The molecule has 0 spiro atoms. The van der Waals surface area contributed by atoms with Gasteiger partial charge in [-0.25, -0.2) is 4.98 Å². The van der Waals surface area contributed by atoms with Crippen molar-refractivity contribution in [2.75, 3.05) is 7.11 Å². The molecule has 0 saturated heterocycles. The topological polar surface area (TPSA) is 84.7 Å². The first-order chi connectivity index (χ1) is 13.4. The first-order valence-corrected chi connectivity index (χ1v) is 9.60. The Morgan fingerprint density at radius 2 is 1.93 bits per heavy atom. The lowest BCUT2D eigenvalue weighted by molar-refractivity contribution is 0.0649. The Labute approximate surface area is 166 Å². The lowest BCUT2D eigenvalue weighted by Crippen LogP contribution is -2.38. The highest BCUT2D eigenvalue weighted by Crippen LogP contribution is 2.22. The molecule has 0 bridgehead atoms. The number of methoxy groups -OCH3 is 1. The zero-order valence-electron chi connectivity index (χ0n) is 17.2. The summed E-state index contributed by atoms with van der Waals surface area (Å²) in [4.78, 5) is 31.3. The predicted molar refractivity (Wildman–Crippen MR) is 106 cm³/mol. The van der Waals surface area contributed by atoms with Crippen molar-refractivity contribution in [3.63, 3.8) is 0 Å². The van der Waals surface area contributed by atoms with Crippen molar-refractivity contribution in [2.24, 2.45) is 0 Å². The molecule has 152 valence electrons. The van der Waals surface area contributed by atoms with E-state index in [0.29, 0.717) is 17.2 Å². The number of rotatable bonds is 9. The van der Waals surface area contributed by atoms with E-state index in [4.69, 9.17) is 9.15 Å². The molecule has 1 aromatic carbocycles. The number of hydrogen-bond acceptors (Lipinski definition) is 5. The van der Waals surface area contributed by atoms with Crippen LogP contribution >= 0.6 is 0 Å². The fourth-order valence-corrected chi connectivity index (χ4v) is 2.66. The van der Waals surface area contributed by atoms with Crippen molar-refractivity contribution in [1.29, 1.82) is 0 Å². The molecule has 0 aliphatic carbocycles. The third-order valence-electron chi connectivity index (χ3n) is 4.80. The van der Waals surface area contributed by atoms with E-state index in [-0.39, 0.29) is 36.1 Å². The fraction of sp³-hybridized carbons (Fsp3) is 0.476. The maximum Gasteiger partial charge on any atom is 0.273 e. The average Bonchev–Trinajstić information content (AvgIpc) is 3.19. The molecule has 0 radical (unpaired) electrons. The minimum atomic E-state index is -0.282. The molecule has 2 unspecified atom stereocenters. The van der Waals surface area contributed by atoms with Gasteiger partial charge in [0.2, 0.25) is 5.89 Å². The number of amides is 2. The highest BCUT2D eigenvalue weighted by molar-refractivity contribution is 5.97. The Bertz CT molecular complexity index is 802. The highest BCUT2D eigenvalue weighted by atomic mass is 16.5. The molecule has 0 aliphatic heterocycles. The normalized spacial score (nSPS) is 12.9. The van der Waals surface area contributed by atoms with Crippen molar-refractivity contribution < 1.29 is 18.7 Å². The molecule has 28 heavy (non-hydrogen) atoms. The van der Waals surface area contributed by atoms with Gasteiger partial charge in [0.05, 0.1) is 19.2 Å². The van der Waals surface area contributed by atoms with Gasteiger partial charge in [0.25, 0.3) is 11.8 Å². The smallest absolute Gasteiger partial charge is 0.273 e. The van der Waals surface area contributed by atoms with Crippen molar-refractivity contribution >= 4 is 11.8 Å². The van der Waals surface area contributed by atoms with Gasteiger partial charge in [-0.05, 0) is 38.8 Å². The summed E-state index contributed by atoms with van der Waals surface area (Å²) in [5, 5.41) is 2.85. The summed E-state index contributed by atoms with van der Waals surface area (Å²) in [6.07, 6.45) is 2.92. The summed E-state index contributed by atoms with van der Waals surface area (Å²) in [5.74, 6) is 0.380. The van der Waals surface area contributed by atoms with Crippen LogP contribution in [0.4, 0.5) is 0 Å². The highest BCUT2D eigenvalue weighted by Gasteiger charge is 2.25. The summed E-state index contributed by atoms with van der Waals surface area (Å²) in [6, 6.07) is 7.12. The maximum absolute atomic E-state index is 13.2. The number of nitrogens with one attached hydrogen (secondary N) is 1. The molecule has 2 aromatic rings. The number of benzene rings is 1. The van der Waals surface area contributed by atoms with Crippen LogP contribution in [0.5, 0.6) is 5.75 Å². The van der Waals surface area contributed by atoms with Crippen molar-refractivity contribution in [2.45, 2.75) is 59.2 Å². The van der Waals surface area contributed by atoms with E-state index < -0.39 is 0 Å². The van der Waals surface area contributed by atoms with Gasteiger partial charge >= 0.3 is 0 Å². The van der Waals surface area contributed by atoms with E-state index in [1.807, 2.05) is 33.8 Å². The van der Waals surface area contributed by atoms with Crippen molar-refractivity contribution in [1.82, 2.24) is 15.2 Å². The lowest BCUT2D eigenvalue weighted by atomic mass is 10.1. The standard InChI is InChI=1S/C21H29N3O4/c1-6-14(3)22-20(25)17-13-28-19(23-17)12-24(15(4)7-2)21(26)16-10-8-9-11-18(16)27-5/h8-11,13-15H,6-7,12H2,1-5H3,(H,22,25). The Balaban J connectivity index is 2.21. The number of aromatic nitrogens is 1. The van der Waals surface area contributed by atoms with E-state index in [1.165, 1.54) is 13.4 Å². The maximum atomic E-state index is 13.2. The second-order valence-corrected chi connectivity index (χ2v) is 6.80. The first kappa shape index (κ1) is 21.5. The van der Waals surface area contributed by atoms with Gasteiger partial charge in [0.15, 0.2) is 5.69 Å². The minimum absolute atomic E-state index is 0.0401. The van der Waals surface area contributed by atoms with Crippen LogP contribution in [0.25, 0.3) is 0 Å². The SMILES string of the molecule is CCC(C)NC(=O)c1coc(CN(C(=O)c2ccccc2OC)C(C)CC)n1. The molecule has 0 aliphatic rings. The van der Waals surface area contributed by atoms with Crippen LogP contribution in [0.3, 0.4) is 0 Å². The molecule has 1 aromatic heterocycles. The number of oxazole rings is 1. The Morgan fingerprint density at radius 1 is 1.21 bits per heavy atom. The number of hydrogen-bond donors (Lipinski definition) is 1. The fourth-order valence-electron chi connectivity index (χ4n) is 2.66. The molecule has 1 heterocycles. The average molecular weight is 387 g/mol. The van der Waals surface area contributed by atoms with Crippen molar-refractivity contribution in [3.8, 4) is 5.75 Å². The zero-order valence-corrected chi connectivity index (χ0v) is 17.2. The Hall–Kier alpha value is -2.83. The summed E-state index contributed by atoms with van der Waals surface area (Å²) < 4.78 is 10.8. The van der Waals surface area contributed by atoms with Gasteiger partial charge < -0.3 is 19.4 Å². The van der Waals surface area contributed by atoms with Crippen LogP contribution in [0.15, 0.2) is 34.9 Å². The van der Waals surface area contributed by atoms with Gasteiger partial charge in [-0.3, -0.25) is 9.59 Å². The van der Waals surface area contributed by atoms with E-state index in [2.05, 4.69) is 10.3 Å². The zero-order chi connectivity index (χ0) is 20.7. The second kappa shape index (κ2) is 9.92. The van der Waals surface area contributed by atoms with Crippen LogP contribution in [0, 0.1) is 0 Å². The van der Waals surface area contributed by atoms with Crippen molar-refractivity contribution in [3.05, 3.63) is 47.7 Å². The van der Waals surface area contributed by atoms with E-state index in [1.54, 1.807) is 23.1 Å². The number of para-hydroxylation sites is 1. The van der Waals surface area contributed by atoms with E-state index in [9.17, 15) is 9.59 Å². The summed E-state index contributed by atoms with van der Waals surface area (Å²) in [6.45, 7) is 8.06. The molecule has 0 saturated carbocycles. The Kier molecular flexibility index (Phi) is 7.61. The second-order valence-electron chi connectivity index (χ2n) is 6.80. The molecule has 2 rings (SSSR count). The molecule has 1 N–H and O–H groups in total. The minimum Gasteiger partial charge on any atom is -0.496 e. The van der Waals surface area contributed by atoms with Gasteiger partial charge in [-0.1, -0.05) is 26.0 Å². The van der Waals surface area contributed by atoms with Crippen LogP contribution in [0.1, 0.15) is 67.3 Å². The summed E-state index contributed by atoms with van der Waals surface area (Å²) >= 11 is 0. The van der Waals surface area contributed by atoms with Gasteiger partial charge in [0, 0.05) is 12.1 Å². The van der Waals surface area contributed by atoms with E-state index in [0.717, 1.165) is 12.8 Å². The Morgan fingerprint density at radius 3 is 2.57 bits per heavy atom. The van der Waals surface area contributed by atoms with Crippen LogP contribution in [-0.2, 0) is 6.54 Å². The van der Waals surface area contributed by atoms with Gasteiger partial charge in [0.1, 0.15) is 12.0 Å². The largest absolute Gasteiger partial charge is 0.496 e. The first-order valence-electron chi connectivity index (χ1n) is 9.60. The molecule has 7 heteroatoms. The molecular weight excluding hydrogens is 358 g/mol. The summed E-state index contributed by atoms with van der Waals surface area (Å²) in [5.41, 5.74) is 0.690. The van der Waals surface area contributed by atoms with Gasteiger partial charge in [-0.15, -0.1) is 0 Å². The molecule has 7 nitrogen and oxygen atoms in total. The van der Waals surface area contributed by atoms with E-state index >= 15 is 0 Å². The van der Waals surface area contributed by atoms with Gasteiger partial charge in [-0.2, -0.15) is 0 Å². The van der Waals surface area contributed by atoms with Crippen LogP contribution in [0.2, 0.25) is 0 Å². The molecule has 0 fully saturated rings. The number of carbonyl (C=O) groups is 2. The summed E-state index contributed by atoms with van der Waals surface area (Å²) in [7, 11) is 1.54. The molecular formula is C21H29N3O4. The third-order valence-corrected chi connectivity index (χ3v) is 4.80. The van der Waals surface area contributed by atoms with Crippen LogP contribution in [-0.4, -0.2) is 40.9 Å². The predicted octanol–water partition coefficient (Wildman–Crippen LogP) is 3.65. The molecule has 2 atom stereocenters. The number of ether oxygens (including phenoxy) is 1. The monoisotopic (exact) mass is 387 g/mol. The molecule has 2 amide bonds. The number of nitrogens with zero attached hydrogens (tertiary/aromatic N) is 2.